The molecule has 0 saturated carbocycles. The number of rotatable bonds is 8. The van der Waals surface area contributed by atoms with Gasteiger partial charge < -0.3 is 9.08 Å². The highest BCUT2D eigenvalue weighted by molar-refractivity contribution is 7.87. The van der Waals surface area contributed by atoms with Crippen molar-refractivity contribution in [2.24, 2.45) is 5.41 Å². The molecule has 0 aliphatic carbocycles. The normalized spacial score (nSPS) is 12.3. The summed E-state index contributed by atoms with van der Waals surface area (Å²) in [4.78, 5) is 14.4. The summed E-state index contributed by atoms with van der Waals surface area (Å²) < 4.78 is 27.9. The third-order valence-corrected chi connectivity index (χ3v) is 5.47. The molecule has 0 atom stereocenters. The highest BCUT2D eigenvalue weighted by Gasteiger charge is 2.32. The van der Waals surface area contributed by atoms with Crippen LogP contribution >= 0.6 is 11.6 Å². The van der Waals surface area contributed by atoms with Crippen LogP contribution in [0.2, 0.25) is 0 Å². The largest absolute Gasteiger partial charge is 0.382 e. The first-order valence-corrected chi connectivity index (χ1v) is 10.0. The van der Waals surface area contributed by atoms with Gasteiger partial charge in [0.05, 0.1) is 11.2 Å². The van der Waals surface area contributed by atoms with Crippen LogP contribution in [0.3, 0.4) is 0 Å². The number of benzene rings is 1. The van der Waals surface area contributed by atoms with Gasteiger partial charge in [0, 0.05) is 18.5 Å². The van der Waals surface area contributed by atoms with Crippen LogP contribution in [0, 0.1) is 5.41 Å². The van der Waals surface area contributed by atoms with E-state index in [-0.39, 0.29) is 29.3 Å². The molecule has 0 unspecified atom stereocenters. The number of nitrogens with zero attached hydrogens (tertiary/aromatic N) is 1. The minimum absolute atomic E-state index is 0.0126. The first-order valence-electron chi connectivity index (χ1n) is 7.90. The van der Waals surface area contributed by atoms with Crippen molar-refractivity contribution in [3.05, 3.63) is 29.8 Å². The Morgan fingerprint density at radius 2 is 1.79 bits per heavy atom. The Balaban J connectivity index is 2.91. The van der Waals surface area contributed by atoms with Crippen molar-refractivity contribution < 1.29 is 17.4 Å². The second-order valence-corrected chi connectivity index (χ2v) is 8.74. The quantitative estimate of drug-likeness (QED) is 0.516. The van der Waals surface area contributed by atoms with Gasteiger partial charge in [-0.25, -0.2) is 0 Å². The molecule has 0 N–H and O–H groups in total. The molecule has 0 aliphatic rings. The molecule has 0 spiro atoms. The van der Waals surface area contributed by atoms with Crippen LogP contribution in [-0.2, 0) is 21.5 Å². The molecule has 1 rings (SSSR count). The summed E-state index contributed by atoms with van der Waals surface area (Å²) in [5.74, 6) is 0.416. The Labute approximate surface area is 150 Å². The standard InChI is InChI=1S/C17H26ClNO4S/c1-6-24(21,22)23-15-9-7-14(8-10-15)11-19(13(2)3)16(20)17(4,5)12-18/h7-10,13H,6,11-12H2,1-5H3. The molecule has 136 valence electrons. The van der Waals surface area contributed by atoms with E-state index in [4.69, 9.17) is 15.8 Å². The topological polar surface area (TPSA) is 63.7 Å². The molecule has 5 nitrogen and oxygen atoms in total. The lowest BCUT2D eigenvalue weighted by atomic mass is 9.93. The van der Waals surface area contributed by atoms with Gasteiger partial charge in [-0.1, -0.05) is 12.1 Å². The van der Waals surface area contributed by atoms with Gasteiger partial charge in [-0.2, -0.15) is 8.42 Å². The van der Waals surface area contributed by atoms with Crippen molar-refractivity contribution in [2.45, 2.75) is 47.2 Å². The third kappa shape index (κ3) is 5.67. The van der Waals surface area contributed by atoms with Gasteiger partial charge in [0.25, 0.3) is 0 Å². The van der Waals surface area contributed by atoms with Crippen LogP contribution in [0.15, 0.2) is 24.3 Å². The maximum Gasteiger partial charge on any atom is 0.308 e. The zero-order valence-electron chi connectivity index (χ0n) is 14.9. The number of carbonyl (C=O) groups is 1. The number of hydrogen-bond donors (Lipinski definition) is 0. The summed E-state index contributed by atoms with van der Waals surface area (Å²) in [7, 11) is -3.54. The van der Waals surface area contributed by atoms with Gasteiger partial charge in [0.1, 0.15) is 5.75 Å². The first-order chi connectivity index (χ1) is 11.0. The second kappa shape index (κ2) is 8.21. The molecule has 1 aromatic rings. The Bertz CT molecular complexity index is 654. The molecule has 0 fully saturated rings. The van der Waals surface area contributed by atoms with E-state index in [1.807, 2.05) is 27.7 Å². The lowest BCUT2D eigenvalue weighted by Gasteiger charge is -2.33. The number of carbonyl (C=O) groups excluding carboxylic acids is 1. The highest BCUT2D eigenvalue weighted by atomic mass is 35.5. The van der Waals surface area contributed by atoms with Gasteiger partial charge in [-0.3, -0.25) is 4.79 Å². The van der Waals surface area contributed by atoms with E-state index < -0.39 is 15.5 Å². The molecule has 0 bridgehead atoms. The van der Waals surface area contributed by atoms with Crippen LogP contribution < -0.4 is 4.18 Å². The number of hydrogen-bond acceptors (Lipinski definition) is 4. The summed E-state index contributed by atoms with van der Waals surface area (Å²) in [6, 6.07) is 6.74. The zero-order valence-corrected chi connectivity index (χ0v) is 16.4. The summed E-state index contributed by atoms with van der Waals surface area (Å²) in [5.41, 5.74) is 0.257. The Morgan fingerprint density at radius 1 is 1.25 bits per heavy atom. The van der Waals surface area contributed by atoms with E-state index in [0.29, 0.717) is 6.54 Å². The van der Waals surface area contributed by atoms with Gasteiger partial charge in [-0.15, -0.1) is 11.6 Å². The summed E-state index contributed by atoms with van der Waals surface area (Å²) >= 11 is 5.91. The maximum atomic E-state index is 12.7. The summed E-state index contributed by atoms with van der Waals surface area (Å²) in [5, 5.41) is 0. The Hall–Kier alpha value is -1.27. The van der Waals surface area contributed by atoms with Crippen molar-refractivity contribution in [3.63, 3.8) is 0 Å². The minimum atomic E-state index is -3.54. The van der Waals surface area contributed by atoms with Crippen LogP contribution in [0.5, 0.6) is 5.75 Å². The highest BCUT2D eigenvalue weighted by Crippen LogP contribution is 2.24. The molecule has 0 heterocycles. The van der Waals surface area contributed by atoms with Gasteiger partial charge in [0.2, 0.25) is 5.91 Å². The van der Waals surface area contributed by atoms with Crippen molar-refractivity contribution in [3.8, 4) is 5.75 Å². The smallest absolute Gasteiger partial charge is 0.308 e. The van der Waals surface area contributed by atoms with E-state index >= 15 is 0 Å². The van der Waals surface area contributed by atoms with E-state index in [1.54, 1.807) is 29.2 Å². The van der Waals surface area contributed by atoms with E-state index in [0.717, 1.165) is 5.56 Å². The molecule has 0 aliphatic heterocycles. The number of halogens is 1. The van der Waals surface area contributed by atoms with E-state index in [1.165, 1.54) is 6.92 Å². The maximum absolute atomic E-state index is 12.7. The molecule has 0 radical (unpaired) electrons. The predicted octanol–water partition coefficient (Wildman–Crippen LogP) is 3.42. The first kappa shape index (κ1) is 20.8. The zero-order chi connectivity index (χ0) is 18.5. The third-order valence-electron chi connectivity index (χ3n) is 3.65. The SMILES string of the molecule is CCS(=O)(=O)Oc1ccc(CN(C(=O)C(C)(C)CCl)C(C)C)cc1. The molecule has 1 amide bonds. The average molecular weight is 376 g/mol. The fraction of sp³-hybridized carbons (Fsp3) is 0.588. The van der Waals surface area contributed by atoms with Crippen LogP contribution in [0.25, 0.3) is 0 Å². The van der Waals surface area contributed by atoms with Gasteiger partial charge >= 0.3 is 10.1 Å². The molecule has 24 heavy (non-hydrogen) atoms. The van der Waals surface area contributed by atoms with Gasteiger partial charge in [0.15, 0.2) is 0 Å². The van der Waals surface area contributed by atoms with Gasteiger partial charge in [-0.05, 0) is 52.3 Å². The number of alkyl halides is 1. The lowest BCUT2D eigenvalue weighted by molar-refractivity contribution is -0.141. The van der Waals surface area contributed by atoms with Crippen LogP contribution in [-0.4, -0.2) is 36.9 Å². The fourth-order valence-corrected chi connectivity index (χ4v) is 2.62. The minimum Gasteiger partial charge on any atom is -0.382 e. The molecule has 0 saturated heterocycles. The predicted molar refractivity (Wildman–Crippen MR) is 96.7 cm³/mol. The summed E-state index contributed by atoms with van der Waals surface area (Å²) in [6.07, 6.45) is 0. The van der Waals surface area contributed by atoms with Crippen molar-refractivity contribution in [2.75, 3.05) is 11.6 Å². The Morgan fingerprint density at radius 3 is 2.21 bits per heavy atom. The van der Waals surface area contributed by atoms with Crippen molar-refractivity contribution in [1.82, 2.24) is 4.90 Å². The van der Waals surface area contributed by atoms with Crippen LogP contribution in [0.1, 0.15) is 40.2 Å². The molecular formula is C17H26ClNO4S. The Kier molecular flexibility index (Phi) is 7.10. The van der Waals surface area contributed by atoms with Crippen molar-refractivity contribution in [1.29, 1.82) is 0 Å². The van der Waals surface area contributed by atoms with E-state index in [2.05, 4.69) is 0 Å². The summed E-state index contributed by atoms with van der Waals surface area (Å²) in [6.45, 7) is 9.50. The second-order valence-electron chi connectivity index (χ2n) is 6.62. The monoisotopic (exact) mass is 375 g/mol. The van der Waals surface area contributed by atoms with Crippen LogP contribution in [0.4, 0.5) is 0 Å². The van der Waals surface area contributed by atoms with Crippen molar-refractivity contribution >= 4 is 27.6 Å². The number of amides is 1. The molecule has 7 heteroatoms. The van der Waals surface area contributed by atoms with E-state index in [9.17, 15) is 13.2 Å². The molecule has 0 aromatic heterocycles. The molecular weight excluding hydrogens is 350 g/mol. The fourth-order valence-electron chi connectivity index (χ4n) is 1.99. The lowest BCUT2D eigenvalue weighted by Crippen LogP contribution is -2.45. The molecule has 1 aromatic carbocycles. The average Bonchev–Trinajstić information content (AvgIpc) is 2.52.